The third-order valence-corrected chi connectivity index (χ3v) is 6.06. The molecule has 8 heteroatoms. The van der Waals surface area contributed by atoms with Crippen LogP contribution in [0, 0.1) is 11.8 Å². The molecule has 2 heterocycles. The van der Waals surface area contributed by atoms with Crippen molar-refractivity contribution in [2.45, 2.75) is 32.8 Å². The molecule has 0 spiro atoms. The van der Waals surface area contributed by atoms with E-state index in [1.54, 1.807) is 7.11 Å². The van der Waals surface area contributed by atoms with Crippen LogP contribution >= 0.6 is 0 Å². The number of rotatable bonds is 9. The molecule has 8 nitrogen and oxygen atoms in total. The summed E-state index contributed by atoms with van der Waals surface area (Å²) in [5.41, 5.74) is 0.693. The summed E-state index contributed by atoms with van der Waals surface area (Å²) in [4.78, 5) is 29.6. The smallest absolute Gasteiger partial charge is 0.234 e. The summed E-state index contributed by atoms with van der Waals surface area (Å²) in [6.07, 6.45) is 1.53. The highest BCUT2D eigenvalue weighted by Crippen LogP contribution is 2.25. The number of nitrogens with zero attached hydrogens (tertiary/aromatic N) is 2. The highest BCUT2D eigenvalue weighted by molar-refractivity contribution is 5.94. The fourth-order valence-electron chi connectivity index (χ4n) is 4.41. The van der Waals surface area contributed by atoms with Gasteiger partial charge in [0.05, 0.1) is 32.1 Å². The van der Waals surface area contributed by atoms with Crippen molar-refractivity contribution in [1.82, 2.24) is 15.1 Å². The van der Waals surface area contributed by atoms with E-state index in [1.165, 1.54) is 0 Å². The minimum absolute atomic E-state index is 0.0130. The van der Waals surface area contributed by atoms with Crippen LogP contribution in [0.3, 0.4) is 0 Å². The number of hydrogen-bond donors (Lipinski definition) is 2. The third-order valence-electron chi connectivity index (χ3n) is 6.06. The monoisotopic (exact) mass is 446 g/mol. The van der Waals surface area contributed by atoms with Crippen LogP contribution in [0.2, 0.25) is 0 Å². The Hall–Kier alpha value is -2.16. The van der Waals surface area contributed by atoms with Crippen LogP contribution in [0.4, 0.5) is 5.69 Å². The summed E-state index contributed by atoms with van der Waals surface area (Å²) in [5.74, 6) is 1.26. The van der Waals surface area contributed by atoms with Gasteiger partial charge in [-0.25, -0.2) is 0 Å². The zero-order valence-electron chi connectivity index (χ0n) is 19.6. The summed E-state index contributed by atoms with van der Waals surface area (Å²) in [6.45, 7) is 10.4. The molecular formula is C24H38N4O4. The molecule has 2 aliphatic rings. The molecule has 1 aromatic carbocycles. The van der Waals surface area contributed by atoms with Gasteiger partial charge in [0.2, 0.25) is 11.8 Å². The number of morpholine rings is 1. The molecule has 2 amide bonds. The molecule has 1 aromatic rings. The summed E-state index contributed by atoms with van der Waals surface area (Å²) in [5, 5.41) is 6.01. The number of hydrogen-bond acceptors (Lipinski definition) is 6. The van der Waals surface area contributed by atoms with Crippen molar-refractivity contribution < 1.29 is 19.1 Å². The number of piperidine rings is 1. The van der Waals surface area contributed by atoms with Crippen LogP contribution < -0.4 is 15.4 Å². The Morgan fingerprint density at radius 1 is 1.16 bits per heavy atom. The highest BCUT2D eigenvalue weighted by atomic mass is 16.5. The van der Waals surface area contributed by atoms with Gasteiger partial charge < -0.3 is 20.1 Å². The molecule has 0 radical (unpaired) electrons. The predicted molar refractivity (Wildman–Crippen MR) is 125 cm³/mol. The predicted octanol–water partition coefficient (Wildman–Crippen LogP) is 1.82. The number of anilines is 1. The first-order valence-electron chi connectivity index (χ1n) is 11.7. The Bertz CT molecular complexity index is 749. The molecule has 2 fully saturated rings. The molecule has 3 rings (SSSR count). The fraction of sp³-hybridized carbons (Fsp3) is 0.667. The molecule has 2 aliphatic heterocycles. The van der Waals surface area contributed by atoms with Crippen molar-refractivity contribution in [2.75, 3.05) is 64.8 Å². The molecular weight excluding hydrogens is 408 g/mol. The topological polar surface area (TPSA) is 83.1 Å². The molecule has 0 saturated carbocycles. The molecule has 0 aliphatic carbocycles. The van der Waals surface area contributed by atoms with Crippen molar-refractivity contribution in [1.29, 1.82) is 0 Å². The van der Waals surface area contributed by atoms with Gasteiger partial charge in [0.15, 0.2) is 0 Å². The first-order chi connectivity index (χ1) is 15.4. The number of ether oxygens (including phenoxy) is 2. The van der Waals surface area contributed by atoms with Gasteiger partial charge in [-0.15, -0.1) is 0 Å². The Labute approximate surface area is 191 Å². The Kier molecular flexibility index (Phi) is 9.32. The van der Waals surface area contributed by atoms with E-state index in [0.29, 0.717) is 30.4 Å². The van der Waals surface area contributed by atoms with E-state index in [-0.39, 0.29) is 23.8 Å². The van der Waals surface area contributed by atoms with Crippen LogP contribution in [0.5, 0.6) is 5.75 Å². The molecule has 0 bridgehead atoms. The standard InChI is InChI=1S/C24H38N4O4/c1-18(2)15-28-12-13-32-20(16-28)14-25-23(29)17-27-10-8-19(9-11-27)24(30)26-21-6-4-5-7-22(21)31-3/h4-7,18-20H,8-17H2,1-3H3,(H,25,29)(H,26,30). The van der Waals surface area contributed by atoms with Gasteiger partial charge in [0, 0.05) is 32.1 Å². The molecule has 32 heavy (non-hydrogen) atoms. The second kappa shape index (κ2) is 12.2. The minimum Gasteiger partial charge on any atom is -0.495 e. The minimum atomic E-state index is -0.0539. The second-order valence-electron chi connectivity index (χ2n) is 9.19. The molecule has 2 N–H and O–H groups in total. The van der Waals surface area contributed by atoms with E-state index in [2.05, 4.69) is 34.3 Å². The average Bonchev–Trinajstić information content (AvgIpc) is 2.78. The normalized spacial score (nSPS) is 20.8. The van der Waals surface area contributed by atoms with Crippen molar-refractivity contribution >= 4 is 17.5 Å². The number of para-hydroxylation sites is 2. The number of amides is 2. The van der Waals surface area contributed by atoms with Crippen molar-refractivity contribution in [3.63, 3.8) is 0 Å². The average molecular weight is 447 g/mol. The Morgan fingerprint density at radius 3 is 2.62 bits per heavy atom. The number of likely N-dealkylation sites (tertiary alicyclic amines) is 1. The fourth-order valence-corrected chi connectivity index (χ4v) is 4.41. The van der Waals surface area contributed by atoms with E-state index in [1.807, 2.05) is 24.3 Å². The van der Waals surface area contributed by atoms with Gasteiger partial charge in [0.25, 0.3) is 0 Å². The zero-order chi connectivity index (χ0) is 22.9. The summed E-state index contributed by atoms with van der Waals surface area (Å²) in [6, 6.07) is 7.42. The van der Waals surface area contributed by atoms with E-state index in [0.717, 1.165) is 52.2 Å². The van der Waals surface area contributed by atoms with Gasteiger partial charge in [-0.3, -0.25) is 19.4 Å². The first kappa shape index (κ1) is 24.5. The largest absolute Gasteiger partial charge is 0.495 e. The Morgan fingerprint density at radius 2 is 1.91 bits per heavy atom. The lowest BCUT2D eigenvalue weighted by molar-refractivity contribution is -0.124. The molecule has 1 atom stereocenters. The zero-order valence-corrected chi connectivity index (χ0v) is 19.6. The lowest BCUT2D eigenvalue weighted by Crippen LogP contribution is -2.50. The van der Waals surface area contributed by atoms with Gasteiger partial charge in [0.1, 0.15) is 5.75 Å². The maximum absolute atomic E-state index is 12.7. The van der Waals surface area contributed by atoms with Gasteiger partial charge >= 0.3 is 0 Å². The molecule has 2 saturated heterocycles. The van der Waals surface area contributed by atoms with E-state index < -0.39 is 0 Å². The van der Waals surface area contributed by atoms with E-state index >= 15 is 0 Å². The number of carbonyl (C=O) groups excluding carboxylic acids is 2. The quantitative estimate of drug-likeness (QED) is 0.602. The van der Waals surface area contributed by atoms with Crippen molar-refractivity contribution in [2.24, 2.45) is 11.8 Å². The molecule has 1 unspecified atom stereocenters. The first-order valence-corrected chi connectivity index (χ1v) is 11.7. The lowest BCUT2D eigenvalue weighted by Gasteiger charge is -2.34. The van der Waals surface area contributed by atoms with E-state index in [9.17, 15) is 9.59 Å². The highest BCUT2D eigenvalue weighted by Gasteiger charge is 2.27. The summed E-state index contributed by atoms with van der Waals surface area (Å²) in [7, 11) is 1.59. The van der Waals surface area contributed by atoms with Crippen molar-refractivity contribution in [3.8, 4) is 5.75 Å². The SMILES string of the molecule is COc1ccccc1NC(=O)C1CCN(CC(=O)NCC2CN(CC(C)C)CCO2)CC1. The van der Waals surface area contributed by atoms with E-state index in [4.69, 9.17) is 9.47 Å². The maximum Gasteiger partial charge on any atom is 0.234 e. The lowest BCUT2D eigenvalue weighted by atomic mass is 9.95. The second-order valence-corrected chi connectivity index (χ2v) is 9.19. The number of benzene rings is 1. The molecule has 178 valence electrons. The summed E-state index contributed by atoms with van der Waals surface area (Å²) >= 11 is 0. The van der Waals surface area contributed by atoms with Crippen molar-refractivity contribution in [3.05, 3.63) is 24.3 Å². The van der Waals surface area contributed by atoms with Gasteiger partial charge in [-0.05, 0) is 44.0 Å². The summed E-state index contributed by atoms with van der Waals surface area (Å²) < 4.78 is 11.1. The number of carbonyl (C=O) groups is 2. The van der Waals surface area contributed by atoms with Gasteiger partial charge in [-0.1, -0.05) is 26.0 Å². The number of nitrogens with one attached hydrogen (secondary N) is 2. The van der Waals surface area contributed by atoms with Crippen LogP contribution in [0.25, 0.3) is 0 Å². The van der Waals surface area contributed by atoms with Crippen LogP contribution in [-0.2, 0) is 14.3 Å². The molecule has 0 aromatic heterocycles. The Balaban J connectivity index is 1.35. The van der Waals surface area contributed by atoms with Crippen LogP contribution in [-0.4, -0.2) is 87.2 Å². The third kappa shape index (κ3) is 7.46. The van der Waals surface area contributed by atoms with Crippen LogP contribution in [0.1, 0.15) is 26.7 Å². The van der Waals surface area contributed by atoms with Crippen LogP contribution in [0.15, 0.2) is 24.3 Å². The number of methoxy groups -OCH3 is 1. The maximum atomic E-state index is 12.7. The van der Waals surface area contributed by atoms with Gasteiger partial charge in [-0.2, -0.15) is 0 Å².